The van der Waals surface area contributed by atoms with Gasteiger partial charge in [-0.15, -0.1) is 0 Å². The van der Waals surface area contributed by atoms with Gasteiger partial charge < -0.3 is 10.2 Å². The molecule has 0 aliphatic heterocycles. The Morgan fingerprint density at radius 1 is 1.08 bits per heavy atom. The predicted molar refractivity (Wildman–Crippen MR) is 135 cm³/mol. The number of benzene rings is 2. The summed E-state index contributed by atoms with van der Waals surface area (Å²) in [6.45, 7) is 0.688. The van der Waals surface area contributed by atoms with E-state index in [0.29, 0.717) is 21.0 Å². The Bertz CT molecular complexity index is 1240. The molecule has 0 heterocycles. The van der Waals surface area contributed by atoms with Crippen molar-refractivity contribution in [2.24, 2.45) is 0 Å². The lowest BCUT2D eigenvalue weighted by Crippen LogP contribution is -2.52. The molecule has 1 unspecified atom stereocenters. The molecule has 1 aliphatic carbocycles. The summed E-state index contributed by atoms with van der Waals surface area (Å²) < 4.78 is 52.9. The molecule has 0 aromatic heterocycles. The maximum Gasteiger partial charge on any atom is 0.244 e. The van der Waals surface area contributed by atoms with Crippen LogP contribution in [-0.2, 0) is 26.2 Å². The minimum absolute atomic E-state index is 0.00531. The number of sulfonamides is 1. The molecule has 0 saturated heterocycles. The number of halogens is 4. The van der Waals surface area contributed by atoms with Gasteiger partial charge >= 0.3 is 0 Å². The maximum absolute atomic E-state index is 13.8. The van der Waals surface area contributed by atoms with Crippen LogP contribution in [0.3, 0.4) is 0 Å². The largest absolute Gasteiger partial charge is 0.352 e. The lowest BCUT2D eigenvalue weighted by atomic mass is 10.1. The fourth-order valence-corrected chi connectivity index (χ4v) is 5.37. The van der Waals surface area contributed by atoms with Crippen LogP contribution in [-0.4, -0.2) is 50.0 Å². The van der Waals surface area contributed by atoms with Gasteiger partial charge in [-0.05, 0) is 49.6 Å². The normalized spacial score (nSPS) is 14.9. The summed E-state index contributed by atoms with van der Waals surface area (Å²) in [6, 6.07) is 6.24. The zero-order valence-corrected chi connectivity index (χ0v) is 22.1. The number of carbonyl (C=O) groups excluding carboxylic acids is 2. The smallest absolute Gasteiger partial charge is 0.244 e. The summed E-state index contributed by atoms with van der Waals surface area (Å²) in [4.78, 5) is 27.7. The Balaban J connectivity index is 1.92. The third-order valence-corrected chi connectivity index (χ3v) is 7.82. The molecule has 2 aromatic carbocycles. The molecule has 1 fully saturated rings. The van der Waals surface area contributed by atoms with Gasteiger partial charge in [0.2, 0.25) is 21.8 Å². The van der Waals surface area contributed by atoms with Crippen molar-refractivity contribution in [1.29, 1.82) is 0 Å². The molecule has 7 nitrogen and oxygen atoms in total. The summed E-state index contributed by atoms with van der Waals surface area (Å²) >= 11 is 12.3. The first-order chi connectivity index (χ1) is 16.9. The zero-order valence-electron chi connectivity index (χ0n) is 19.8. The molecular formula is C24H27Cl2F2N3O4S. The Morgan fingerprint density at radius 3 is 2.33 bits per heavy atom. The predicted octanol–water partition coefficient (Wildman–Crippen LogP) is 4.51. The minimum Gasteiger partial charge on any atom is -0.352 e. The summed E-state index contributed by atoms with van der Waals surface area (Å²) in [7, 11) is -4.07. The first-order valence-corrected chi connectivity index (χ1v) is 13.9. The van der Waals surface area contributed by atoms with Gasteiger partial charge in [0.15, 0.2) is 11.6 Å². The highest BCUT2D eigenvalue weighted by atomic mass is 35.5. The molecule has 12 heteroatoms. The fourth-order valence-electron chi connectivity index (χ4n) is 4.06. The van der Waals surface area contributed by atoms with Gasteiger partial charge in [-0.3, -0.25) is 13.9 Å². The van der Waals surface area contributed by atoms with Crippen molar-refractivity contribution in [2.45, 2.75) is 51.2 Å². The van der Waals surface area contributed by atoms with Crippen LogP contribution >= 0.6 is 23.2 Å². The molecule has 0 spiro atoms. The van der Waals surface area contributed by atoms with E-state index in [2.05, 4.69) is 5.32 Å². The van der Waals surface area contributed by atoms with Gasteiger partial charge in [0.25, 0.3) is 0 Å². The van der Waals surface area contributed by atoms with E-state index in [-0.39, 0.29) is 29.2 Å². The molecule has 2 aromatic rings. The number of nitrogens with one attached hydrogen (secondary N) is 1. The lowest BCUT2D eigenvalue weighted by Gasteiger charge is -2.32. The van der Waals surface area contributed by atoms with Crippen LogP contribution in [0, 0.1) is 11.6 Å². The highest BCUT2D eigenvalue weighted by Gasteiger charge is 2.32. The second-order valence-electron chi connectivity index (χ2n) is 8.79. The number of rotatable bonds is 9. The van der Waals surface area contributed by atoms with E-state index >= 15 is 0 Å². The van der Waals surface area contributed by atoms with Gasteiger partial charge in [0, 0.05) is 28.7 Å². The second kappa shape index (κ2) is 11.7. The van der Waals surface area contributed by atoms with Gasteiger partial charge in [-0.1, -0.05) is 42.1 Å². The molecule has 36 heavy (non-hydrogen) atoms. The number of amides is 2. The molecule has 3 rings (SSSR count). The molecular weight excluding hydrogens is 535 g/mol. The Kier molecular flexibility index (Phi) is 9.18. The van der Waals surface area contributed by atoms with E-state index < -0.39 is 40.2 Å². The number of nitrogens with zero attached hydrogens (tertiary/aromatic N) is 2. The van der Waals surface area contributed by atoms with Crippen molar-refractivity contribution >= 4 is 50.7 Å². The highest BCUT2D eigenvalue weighted by Crippen LogP contribution is 2.25. The van der Waals surface area contributed by atoms with E-state index in [9.17, 15) is 26.8 Å². The molecule has 1 atom stereocenters. The second-order valence-corrected chi connectivity index (χ2v) is 11.5. The molecule has 1 aliphatic rings. The first kappa shape index (κ1) is 28.1. The SMILES string of the molecule is CC(C(=O)NC1CCCC1)N(Cc1ccc(Cl)cc1Cl)C(=O)CN(c1ccc(F)c(F)c1)S(C)(=O)=O. The van der Waals surface area contributed by atoms with Gasteiger partial charge in [-0.25, -0.2) is 17.2 Å². The van der Waals surface area contributed by atoms with E-state index in [0.717, 1.165) is 44.1 Å². The topological polar surface area (TPSA) is 86.8 Å². The molecule has 0 bridgehead atoms. The standard InChI is InChI=1S/C24H27Cl2F2N3O4S/c1-15(24(33)29-18-5-3-4-6-18)30(13-16-7-8-17(25)11-20(16)26)23(32)14-31(36(2,34)35)19-9-10-21(27)22(28)12-19/h7-12,15,18H,3-6,13-14H2,1-2H3,(H,29,33). The summed E-state index contributed by atoms with van der Waals surface area (Å²) in [6.07, 6.45) is 4.53. The van der Waals surface area contributed by atoms with Crippen molar-refractivity contribution in [2.75, 3.05) is 17.1 Å². The van der Waals surface area contributed by atoms with Crippen LogP contribution in [0.5, 0.6) is 0 Å². The average Bonchev–Trinajstić information content (AvgIpc) is 3.30. The minimum atomic E-state index is -4.07. The van der Waals surface area contributed by atoms with Crippen LogP contribution in [0.25, 0.3) is 0 Å². The molecule has 2 amide bonds. The van der Waals surface area contributed by atoms with Crippen molar-refractivity contribution in [3.63, 3.8) is 0 Å². The summed E-state index contributed by atoms with van der Waals surface area (Å²) in [5.74, 6) is -3.54. The number of hydrogen-bond donors (Lipinski definition) is 1. The van der Waals surface area contributed by atoms with E-state index in [1.165, 1.54) is 17.9 Å². The van der Waals surface area contributed by atoms with E-state index in [4.69, 9.17) is 23.2 Å². The zero-order chi connectivity index (χ0) is 26.6. The third kappa shape index (κ3) is 7.08. The van der Waals surface area contributed by atoms with E-state index in [1.807, 2.05) is 0 Å². The van der Waals surface area contributed by atoms with Crippen LogP contribution in [0.15, 0.2) is 36.4 Å². The van der Waals surface area contributed by atoms with Gasteiger partial charge in [0.1, 0.15) is 12.6 Å². The van der Waals surface area contributed by atoms with E-state index in [1.54, 1.807) is 12.1 Å². The van der Waals surface area contributed by atoms with Crippen LogP contribution < -0.4 is 9.62 Å². The number of anilines is 1. The molecule has 0 radical (unpaired) electrons. The Morgan fingerprint density at radius 2 is 1.75 bits per heavy atom. The van der Waals surface area contributed by atoms with Crippen molar-refractivity contribution in [3.8, 4) is 0 Å². The Hall–Kier alpha value is -2.43. The third-order valence-electron chi connectivity index (χ3n) is 6.10. The molecule has 1 saturated carbocycles. The first-order valence-electron chi connectivity index (χ1n) is 11.3. The molecule has 196 valence electrons. The fraction of sp³-hybridized carbons (Fsp3) is 0.417. The van der Waals surface area contributed by atoms with Crippen LogP contribution in [0.1, 0.15) is 38.2 Å². The lowest BCUT2D eigenvalue weighted by molar-refractivity contribution is -0.139. The monoisotopic (exact) mass is 561 g/mol. The number of carbonyl (C=O) groups is 2. The van der Waals surface area contributed by atoms with Crippen molar-refractivity contribution in [3.05, 3.63) is 63.6 Å². The average molecular weight is 562 g/mol. The van der Waals surface area contributed by atoms with Gasteiger partial charge in [0.05, 0.1) is 11.9 Å². The van der Waals surface area contributed by atoms with Crippen molar-refractivity contribution in [1.82, 2.24) is 10.2 Å². The van der Waals surface area contributed by atoms with Gasteiger partial charge in [-0.2, -0.15) is 0 Å². The quantitative estimate of drug-likeness (QED) is 0.487. The summed E-state index contributed by atoms with van der Waals surface area (Å²) in [5, 5.41) is 3.59. The van der Waals surface area contributed by atoms with Crippen LogP contribution in [0.2, 0.25) is 10.0 Å². The highest BCUT2D eigenvalue weighted by molar-refractivity contribution is 7.92. The van der Waals surface area contributed by atoms with Crippen LogP contribution in [0.4, 0.5) is 14.5 Å². The Labute approximate surface area is 219 Å². The number of hydrogen-bond acceptors (Lipinski definition) is 4. The maximum atomic E-state index is 13.8. The summed E-state index contributed by atoms with van der Waals surface area (Å²) in [5.41, 5.74) is 0.269. The molecule has 1 N–H and O–H groups in total. The van der Waals surface area contributed by atoms with Crippen molar-refractivity contribution < 1.29 is 26.8 Å².